The van der Waals surface area contributed by atoms with Crippen LogP contribution >= 0.6 is 11.6 Å². The number of halogens is 1. The first-order valence-corrected chi connectivity index (χ1v) is 6.39. The molecule has 1 aromatic carbocycles. The summed E-state index contributed by atoms with van der Waals surface area (Å²) in [7, 11) is 0. The lowest BCUT2D eigenvalue weighted by molar-refractivity contribution is -0.121. The van der Waals surface area contributed by atoms with Gasteiger partial charge in [-0.15, -0.1) is 0 Å². The average Bonchev–Trinajstić information content (AvgIpc) is 2.36. The van der Waals surface area contributed by atoms with Crippen molar-refractivity contribution in [2.75, 3.05) is 13.2 Å². The van der Waals surface area contributed by atoms with E-state index < -0.39 is 5.91 Å². The molecular formula is C13H17ClN2O3. The summed E-state index contributed by atoms with van der Waals surface area (Å²) in [5.74, 6) is 0.186. The lowest BCUT2D eigenvalue weighted by atomic mass is 10.3. The number of hydrogen-bond acceptors (Lipinski definition) is 3. The normalized spacial score (nSPS) is 9.95. The van der Waals surface area contributed by atoms with E-state index in [0.717, 1.165) is 5.75 Å². The summed E-state index contributed by atoms with van der Waals surface area (Å²) in [6.45, 7) is 0.733. The van der Waals surface area contributed by atoms with Gasteiger partial charge in [0.2, 0.25) is 11.8 Å². The Hall–Kier alpha value is -1.75. The van der Waals surface area contributed by atoms with Crippen molar-refractivity contribution in [3.8, 4) is 5.75 Å². The Labute approximate surface area is 117 Å². The molecule has 2 amide bonds. The Kier molecular flexibility index (Phi) is 6.74. The van der Waals surface area contributed by atoms with Crippen molar-refractivity contribution < 1.29 is 14.3 Å². The molecule has 0 aromatic heterocycles. The van der Waals surface area contributed by atoms with Gasteiger partial charge in [-0.25, -0.2) is 0 Å². The molecule has 1 rings (SSSR count). The molecule has 0 radical (unpaired) electrons. The topological polar surface area (TPSA) is 81.4 Å². The van der Waals surface area contributed by atoms with Gasteiger partial charge in [-0.2, -0.15) is 0 Å². The van der Waals surface area contributed by atoms with Gasteiger partial charge in [-0.1, -0.05) is 11.6 Å². The van der Waals surface area contributed by atoms with E-state index in [1.807, 2.05) is 0 Å². The van der Waals surface area contributed by atoms with Crippen LogP contribution in [-0.4, -0.2) is 25.0 Å². The molecule has 0 spiro atoms. The Balaban J connectivity index is 2.08. The monoisotopic (exact) mass is 284 g/mol. The Bertz CT molecular complexity index is 420. The molecule has 0 fully saturated rings. The molecular weight excluding hydrogens is 268 g/mol. The molecule has 0 aliphatic carbocycles. The number of nitrogens with two attached hydrogens (primary N) is 1. The third kappa shape index (κ3) is 7.31. The standard InChI is InChI=1S/C13H17ClN2O3/c14-10-3-5-11(6-4-10)19-9-1-2-13(18)16-8-7-12(15)17/h3-6H,1-2,7-9H2,(H2,15,17)(H,16,18). The minimum absolute atomic E-state index is 0.110. The van der Waals surface area contributed by atoms with Crippen LogP contribution < -0.4 is 15.8 Å². The summed E-state index contributed by atoms with van der Waals surface area (Å²) in [4.78, 5) is 21.8. The van der Waals surface area contributed by atoms with Crippen molar-refractivity contribution in [1.82, 2.24) is 5.32 Å². The van der Waals surface area contributed by atoms with Gasteiger partial charge in [0, 0.05) is 24.4 Å². The molecule has 0 saturated carbocycles. The molecule has 19 heavy (non-hydrogen) atoms. The van der Waals surface area contributed by atoms with E-state index in [4.69, 9.17) is 22.1 Å². The maximum Gasteiger partial charge on any atom is 0.220 e. The Morgan fingerprint density at radius 2 is 1.89 bits per heavy atom. The van der Waals surface area contributed by atoms with Crippen molar-refractivity contribution in [1.29, 1.82) is 0 Å². The van der Waals surface area contributed by atoms with Gasteiger partial charge in [0.05, 0.1) is 6.61 Å². The Morgan fingerprint density at radius 3 is 2.53 bits per heavy atom. The zero-order valence-electron chi connectivity index (χ0n) is 10.5. The van der Waals surface area contributed by atoms with E-state index in [2.05, 4.69) is 5.32 Å². The fraction of sp³-hybridized carbons (Fsp3) is 0.385. The minimum Gasteiger partial charge on any atom is -0.494 e. The van der Waals surface area contributed by atoms with E-state index in [9.17, 15) is 9.59 Å². The van der Waals surface area contributed by atoms with Crippen molar-refractivity contribution in [3.63, 3.8) is 0 Å². The molecule has 0 aliphatic rings. The highest BCUT2D eigenvalue weighted by molar-refractivity contribution is 6.30. The lowest BCUT2D eigenvalue weighted by Crippen LogP contribution is -2.27. The van der Waals surface area contributed by atoms with Crippen LogP contribution in [0.5, 0.6) is 5.75 Å². The molecule has 0 atom stereocenters. The van der Waals surface area contributed by atoms with E-state index in [1.165, 1.54) is 0 Å². The SMILES string of the molecule is NC(=O)CCNC(=O)CCCOc1ccc(Cl)cc1. The third-order valence-corrected chi connectivity index (χ3v) is 2.58. The second-order valence-corrected chi connectivity index (χ2v) is 4.41. The first-order valence-electron chi connectivity index (χ1n) is 6.01. The largest absolute Gasteiger partial charge is 0.494 e. The lowest BCUT2D eigenvalue weighted by Gasteiger charge is -2.06. The second-order valence-electron chi connectivity index (χ2n) is 3.97. The first kappa shape index (κ1) is 15.3. The number of nitrogens with one attached hydrogen (secondary N) is 1. The van der Waals surface area contributed by atoms with Gasteiger partial charge in [0.1, 0.15) is 5.75 Å². The highest BCUT2D eigenvalue weighted by Crippen LogP contribution is 2.15. The van der Waals surface area contributed by atoms with Crippen LogP contribution in [0.25, 0.3) is 0 Å². The average molecular weight is 285 g/mol. The van der Waals surface area contributed by atoms with Crippen LogP contribution in [0.3, 0.4) is 0 Å². The van der Waals surface area contributed by atoms with Gasteiger partial charge in [-0.05, 0) is 30.7 Å². The zero-order valence-corrected chi connectivity index (χ0v) is 11.3. The molecule has 1 aromatic rings. The number of rotatable bonds is 8. The van der Waals surface area contributed by atoms with Crippen LogP contribution in [0.1, 0.15) is 19.3 Å². The van der Waals surface area contributed by atoms with Gasteiger partial charge in [-0.3, -0.25) is 9.59 Å². The predicted octanol–water partition coefficient (Wildman–Crippen LogP) is 1.49. The van der Waals surface area contributed by atoms with Crippen LogP contribution in [0.15, 0.2) is 24.3 Å². The number of carbonyl (C=O) groups excluding carboxylic acids is 2. The van der Waals surface area contributed by atoms with Gasteiger partial charge in [0.25, 0.3) is 0 Å². The molecule has 0 heterocycles. The molecule has 3 N–H and O–H groups in total. The maximum atomic E-state index is 11.3. The molecule has 6 heteroatoms. The fourth-order valence-electron chi connectivity index (χ4n) is 1.37. The quantitative estimate of drug-likeness (QED) is 0.710. The summed E-state index contributed by atoms with van der Waals surface area (Å²) < 4.78 is 5.44. The molecule has 5 nitrogen and oxygen atoms in total. The van der Waals surface area contributed by atoms with Crippen LogP contribution in [0, 0.1) is 0 Å². The first-order chi connectivity index (χ1) is 9.08. The summed E-state index contributed by atoms with van der Waals surface area (Å²) in [6, 6.07) is 7.03. The number of ether oxygens (including phenoxy) is 1. The highest BCUT2D eigenvalue weighted by atomic mass is 35.5. The second kappa shape index (κ2) is 8.37. The molecule has 0 saturated heterocycles. The summed E-state index contributed by atoms with van der Waals surface area (Å²) in [5, 5.41) is 3.26. The molecule has 104 valence electrons. The van der Waals surface area contributed by atoms with E-state index in [-0.39, 0.29) is 18.9 Å². The van der Waals surface area contributed by atoms with Crippen molar-refractivity contribution in [2.24, 2.45) is 5.73 Å². The van der Waals surface area contributed by atoms with E-state index in [1.54, 1.807) is 24.3 Å². The third-order valence-electron chi connectivity index (χ3n) is 2.32. The van der Waals surface area contributed by atoms with E-state index >= 15 is 0 Å². The summed E-state index contributed by atoms with van der Waals surface area (Å²) in [5.41, 5.74) is 4.96. The maximum absolute atomic E-state index is 11.3. The zero-order chi connectivity index (χ0) is 14.1. The van der Waals surface area contributed by atoms with Gasteiger partial charge < -0.3 is 15.8 Å². The molecule has 0 aliphatic heterocycles. The summed E-state index contributed by atoms with van der Waals surface area (Å²) in [6.07, 6.45) is 1.12. The predicted molar refractivity (Wildman–Crippen MR) is 73.0 cm³/mol. The number of amides is 2. The van der Waals surface area contributed by atoms with Crippen LogP contribution in [-0.2, 0) is 9.59 Å². The Morgan fingerprint density at radius 1 is 1.21 bits per heavy atom. The molecule has 0 unspecified atom stereocenters. The van der Waals surface area contributed by atoms with E-state index in [0.29, 0.717) is 24.5 Å². The number of benzene rings is 1. The van der Waals surface area contributed by atoms with Crippen molar-refractivity contribution >= 4 is 23.4 Å². The number of carbonyl (C=O) groups is 2. The highest BCUT2D eigenvalue weighted by Gasteiger charge is 2.02. The van der Waals surface area contributed by atoms with Crippen LogP contribution in [0.4, 0.5) is 0 Å². The van der Waals surface area contributed by atoms with Gasteiger partial charge in [0.15, 0.2) is 0 Å². The molecule has 0 bridgehead atoms. The van der Waals surface area contributed by atoms with Gasteiger partial charge >= 0.3 is 0 Å². The number of hydrogen-bond donors (Lipinski definition) is 2. The smallest absolute Gasteiger partial charge is 0.220 e. The summed E-state index contributed by atoms with van der Waals surface area (Å²) >= 11 is 5.74. The minimum atomic E-state index is -0.425. The number of primary amides is 1. The van der Waals surface area contributed by atoms with Crippen LogP contribution in [0.2, 0.25) is 5.02 Å². The fourth-order valence-corrected chi connectivity index (χ4v) is 1.49. The van der Waals surface area contributed by atoms with Crippen molar-refractivity contribution in [3.05, 3.63) is 29.3 Å². The van der Waals surface area contributed by atoms with Crippen molar-refractivity contribution in [2.45, 2.75) is 19.3 Å².